The lowest BCUT2D eigenvalue weighted by atomic mass is 10.1. The van der Waals surface area contributed by atoms with E-state index >= 15 is 0 Å². The van der Waals surface area contributed by atoms with Crippen LogP contribution in [0.4, 0.5) is 5.69 Å². The summed E-state index contributed by atoms with van der Waals surface area (Å²) in [6.07, 6.45) is 1.51. The molecular formula is C20H20N4O2. The molecule has 6 nitrogen and oxygen atoms in total. The number of amides is 2. The maximum atomic E-state index is 12.3. The van der Waals surface area contributed by atoms with E-state index in [-0.39, 0.29) is 17.9 Å². The fourth-order valence-corrected chi connectivity index (χ4v) is 2.57. The zero-order chi connectivity index (χ0) is 18.5. The number of aromatic amines is 1. The van der Waals surface area contributed by atoms with E-state index in [1.54, 1.807) is 19.1 Å². The molecule has 0 aliphatic heterocycles. The van der Waals surface area contributed by atoms with Gasteiger partial charge in [0, 0.05) is 11.3 Å². The Morgan fingerprint density at radius 3 is 2.50 bits per heavy atom. The maximum absolute atomic E-state index is 12.3. The molecule has 132 valence electrons. The molecular weight excluding hydrogens is 328 g/mol. The Hall–Kier alpha value is -3.41. The first-order valence-electron chi connectivity index (χ1n) is 8.32. The predicted octanol–water partition coefficient (Wildman–Crippen LogP) is 3.46. The third kappa shape index (κ3) is 4.16. The molecule has 0 unspecified atom stereocenters. The Bertz CT molecular complexity index is 918. The monoisotopic (exact) mass is 348 g/mol. The van der Waals surface area contributed by atoms with Gasteiger partial charge in [0.1, 0.15) is 11.5 Å². The van der Waals surface area contributed by atoms with Crippen molar-refractivity contribution in [3.8, 4) is 0 Å². The number of hydrogen-bond donors (Lipinski definition) is 3. The summed E-state index contributed by atoms with van der Waals surface area (Å²) in [5, 5.41) is 5.79. The van der Waals surface area contributed by atoms with Crippen LogP contribution in [0.25, 0.3) is 0 Å². The molecule has 2 amide bonds. The van der Waals surface area contributed by atoms with Crippen molar-refractivity contribution in [1.29, 1.82) is 0 Å². The average Bonchev–Trinajstić information content (AvgIpc) is 3.09. The minimum absolute atomic E-state index is 0.174. The lowest BCUT2D eigenvalue weighted by molar-refractivity contribution is 0.0934. The largest absolute Gasteiger partial charge is 0.344 e. The van der Waals surface area contributed by atoms with Crippen molar-refractivity contribution >= 4 is 17.5 Å². The number of nitrogens with one attached hydrogen (secondary N) is 3. The summed E-state index contributed by atoms with van der Waals surface area (Å²) in [4.78, 5) is 31.4. The van der Waals surface area contributed by atoms with Crippen molar-refractivity contribution in [1.82, 2.24) is 15.3 Å². The molecule has 26 heavy (non-hydrogen) atoms. The van der Waals surface area contributed by atoms with Crippen LogP contribution in [-0.2, 0) is 0 Å². The van der Waals surface area contributed by atoms with Crippen molar-refractivity contribution in [2.24, 2.45) is 0 Å². The first-order valence-corrected chi connectivity index (χ1v) is 8.32. The first kappa shape index (κ1) is 17.4. The van der Waals surface area contributed by atoms with Gasteiger partial charge < -0.3 is 15.6 Å². The second-order valence-corrected chi connectivity index (χ2v) is 6.02. The van der Waals surface area contributed by atoms with Gasteiger partial charge in [-0.2, -0.15) is 0 Å². The first-order chi connectivity index (χ1) is 12.5. The van der Waals surface area contributed by atoms with Crippen LogP contribution in [-0.4, -0.2) is 21.8 Å². The maximum Gasteiger partial charge on any atom is 0.269 e. The fraction of sp³-hybridized carbons (Fsp3) is 0.150. The zero-order valence-corrected chi connectivity index (χ0v) is 14.6. The molecule has 0 aliphatic carbocycles. The van der Waals surface area contributed by atoms with Crippen molar-refractivity contribution < 1.29 is 9.59 Å². The molecule has 6 heteroatoms. The smallest absolute Gasteiger partial charge is 0.269 e. The van der Waals surface area contributed by atoms with Crippen LogP contribution in [0.1, 0.15) is 45.2 Å². The van der Waals surface area contributed by atoms with Gasteiger partial charge in [0.25, 0.3) is 11.8 Å². The number of benzene rings is 2. The molecule has 0 radical (unpaired) electrons. The molecule has 1 aromatic heterocycles. The SMILES string of the molecule is Cc1ncc(C(=O)N[C@H](C)c2cccc(NC(=O)c3ccccc3)c2)[nH]1. The summed E-state index contributed by atoms with van der Waals surface area (Å²) in [5.41, 5.74) is 2.58. The van der Waals surface area contributed by atoms with E-state index in [2.05, 4.69) is 20.6 Å². The normalized spacial score (nSPS) is 11.6. The topological polar surface area (TPSA) is 86.9 Å². The van der Waals surface area contributed by atoms with E-state index in [4.69, 9.17) is 0 Å². The molecule has 0 bridgehead atoms. The van der Waals surface area contributed by atoms with Gasteiger partial charge in [-0.15, -0.1) is 0 Å². The van der Waals surface area contributed by atoms with Crippen LogP contribution < -0.4 is 10.6 Å². The quantitative estimate of drug-likeness (QED) is 0.660. The molecule has 2 aromatic carbocycles. The van der Waals surface area contributed by atoms with Gasteiger partial charge >= 0.3 is 0 Å². The Morgan fingerprint density at radius 2 is 1.81 bits per heavy atom. The van der Waals surface area contributed by atoms with E-state index in [0.717, 1.165) is 5.56 Å². The third-order valence-corrected chi connectivity index (χ3v) is 3.98. The lowest BCUT2D eigenvalue weighted by Crippen LogP contribution is -2.27. The Balaban J connectivity index is 1.68. The number of carbonyl (C=O) groups is 2. The van der Waals surface area contributed by atoms with E-state index in [1.807, 2.05) is 49.4 Å². The molecule has 0 aliphatic rings. The van der Waals surface area contributed by atoms with Gasteiger partial charge in [-0.25, -0.2) is 4.98 Å². The number of carbonyl (C=O) groups excluding carboxylic acids is 2. The van der Waals surface area contributed by atoms with Crippen molar-refractivity contribution in [2.75, 3.05) is 5.32 Å². The highest BCUT2D eigenvalue weighted by Crippen LogP contribution is 2.18. The summed E-state index contributed by atoms with van der Waals surface area (Å²) in [5.74, 6) is 0.289. The third-order valence-electron chi connectivity index (χ3n) is 3.98. The Kier molecular flexibility index (Phi) is 5.12. The standard InChI is InChI=1S/C20H20N4O2/c1-13(22-20(26)18-12-21-14(2)23-18)16-9-6-10-17(11-16)24-19(25)15-7-4-3-5-8-15/h3-13H,1-2H3,(H,21,23)(H,22,26)(H,24,25)/t13-/m1/s1. The van der Waals surface area contributed by atoms with Crippen LogP contribution in [0.15, 0.2) is 60.8 Å². The number of imidazole rings is 1. The van der Waals surface area contributed by atoms with Gasteiger partial charge in [-0.05, 0) is 43.7 Å². The summed E-state index contributed by atoms with van der Waals surface area (Å²) in [7, 11) is 0. The highest BCUT2D eigenvalue weighted by Gasteiger charge is 2.14. The van der Waals surface area contributed by atoms with Crippen LogP contribution in [0.3, 0.4) is 0 Å². The number of nitrogens with zero attached hydrogens (tertiary/aromatic N) is 1. The van der Waals surface area contributed by atoms with Crippen LogP contribution in [0, 0.1) is 6.92 Å². The van der Waals surface area contributed by atoms with Crippen LogP contribution in [0.2, 0.25) is 0 Å². The molecule has 0 fully saturated rings. The van der Waals surface area contributed by atoms with E-state index in [0.29, 0.717) is 22.8 Å². The highest BCUT2D eigenvalue weighted by atomic mass is 16.2. The molecule has 0 saturated heterocycles. The van der Waals surface area contributed by atoms with Crippen molar-refractivity contribution in [3.63, 3.8) is 0 Å². The second-order valence-electron chi connectivity index (χ2n) is 6.02. The minimum atomic E-state index is -0.225. The minimum Gasteiger partial charge on any atom is -0.344 e. The molecule has 1 atom stereocenters. The molecule has 0 spiro atoms. The molecule has 3 rings (SSSR count). The van der Waals surface area contributed by atoms with Gasteiger partial charge in [0.05, 0.1) is 12.2 Å². The van der Waals surface area contributed by atoms with Gasteiger partial charge in [-0.3, -0.25) is 9.59 Å². The number of H-pyrrole nitrogens is 1. The summed E-state index contributed by atoms with van der Waals surface area (Å²) in [6, 6.07) is 16.2. The fourth-order valence-electron chi connectivity index (χ4n) is 2.57. The molecule has 0 saturated carbocycles. The molecule has 1 heterocycles. The molecule has 3 N–H and O–H groups in total. The van der Waals surface area contributed by atoms with E-state index in [9.17, 15) is 9.59 Å². The summed E-state index contributed by atoms with van der Waals surface area (Å²) in [6.45, 7) is 3.68. The zero-order valence-electron chi connectivity index (χ0n) is 14.6. The average molecular weight is 348 g/mol. The van der Waals surface area contributed by atoms with Crippen LogP contribution >= 0.6 is 0 Å². The number of rotatable bonds is 5. The number of hydrogen-bond acceptors (Lipinski definition) is 3. The predicted molar refractivity (Wildman–Crippen MR) is 100 cm³/mol. The highest BCUT2D eigenvalue weighted by molar-refractivity contribution is 6.04. The van der Waals surface area contributed by atoms with Gasteiger partial charge in [0.15, 0.2) is 0 Å². The lowest BCUT2D eigenvalue weighted by Gasteiger charge is -2.15. The van der Waals surface area contributed by atoms with E-state index in [1.165, 1.54) is 6.20 Å². The Morgan fingerprint density at radius 1 is 1.04 bits per heavy atom. The summed E-state index contributed by atoms with van der Waals surface area (Å²) < 4.78 is 0. The van der Waals surface area contributed by atoms with Crippen molar-refractivity contribution in [3.05, 3.63) is 83.4 Å². The van der Waals surface area contributed by atoms with Gasteiger partial charge in [0.2, 0.25) is 0 Å². The van der Waals surface area contributed by atoms with Gasteiger partial charge in [-0.1, -0.05) is 30.3 Å². The summed E-state index contributed by atoms with van der Waals surface area (Å²) >= 11 is 0. The Labute approximate surface area is 151 Å². The second kappa shape index (κ2) is 7.65. The molecule has 3 aromatic rings. The number of aryl methyl sites for hydroxylation is 1. The van der Waals surface area contributed by atoms with E-state index < -0.39 is 0 Å². The number of aromatic nitrogens is 2. The van der Waals surface area contributed by atoms with Crippen LogP contribution in [0.5, 0.6) is 0 Å². The number of anilines is 1. The van der Waals surface area contributed by atoms with Crippen molar-refractivity contribution in [2.45, 2.75) is 19.9 Å².